The summed E-state index contributed by atoms with van der Waals surface area (Å²) in [5.41, 5.74) is -0.0181. The minimum absolute atomic E-state index is 0.0792. The van der Waals surface area contributed by atoms with E-state index in [-0.39, 0.29) is 11.7 Å². The highest BCUT2D eigenvalue weighted by atomic mass is 19.4. The number of aliphatic carboxylic acids is 1. The van der Waals surface area contributed by atoms with Gasteiger partial charge in [0.05, 0.1) is 5.56 Å². The zero-order chi connectivity index (χ0) is 19.3. The third-order valence-corrected chi connectivity index (χ3v) is 3.75. The van der Waals surface area contributed by atoms with Crippen LogP contribution in [0, 0.1) is 5.92 Å². The van der Waals surface area contributed by atoms with Crippen LogP contribution in [-0.4, -0.2) is 17.1 Å². The number of alkyl halides is 3. The zero-order valence-corrected chi connectivity index (χ0v) is 14.4. The van der Waals surface area contributed by atoms with E-state index in [9.17, 15) is 23.1 Å². The van der Waals surface area contributed by atoms with Gasteiger partial charge in [0.15, 0.2) is 0 Å². The van der Waals surface area contributed by atoms with Crippen LogP contribution in [0.15, 0.2) is 48.5 Å². The number of hydrogen-bond acceptors (Lipinski definition) is 3. The molecule has 0 aliphatic rings. The van der Waals surface area contributed by atoms with Gasteiger partial charge >= 0.3 is 12.1 Å². The fourth-order valence-corrected chi connectivity index (χ4v) is 2.43. The minimum Gasteiger partial charge on any atom is -0.480 e. The van der Waals surface area contributed by atoms with Crippen molar-refractivity contribution < 1.29 is 27.8 Å². The number of carbonyl (C=O) groups is 1. The van der Waals surface area contributed by atoms with E-state index in [1.165, 1.54) is 12.1 Å². The van der Waals surface area contributed by atoms with Gasteiger partial charge in [-0.2, -0.15) is 13.2 Å². The fraction of sp³-hybridized carbons (Fsp3) is 0.316. The zero-order valence-electron chi connectivity index (χ0n) is 14.4. The van der Waals surface area contributed by atoms with Gasteiger partial charge in [0.25, 0.3) is 0 Å². The molecule has 0 saturated heterocycles. The summed E-state index contributed by atoms with van der Waals surface area (Å²) >= 11 is 0. The summed E-state index contributed by atoms with van der Waals surface area (Å²) in [7, 11) is 0. The standard InChI is InChI=1S/C19H20F3NO3/c1-12(2)17(18(24)25)23-11-13-5-3-7-15(9-13)26-16-8-4-6-14(10-16)19(20,21)22/h3-10,12,17,23H,11H2,1-2H3,(H,24,25)/t17-/m1/s1. The first-order chi connectivity index (χ1) is 12.2. The van der Waals surface area contributed by atoms with E-state index < -0.39 is 23.8 Å². The summed E-state index contributed by atoms with van der Waals surface area (Å²) in [5, 5.41) is 12.1. The van der Waals surface area contributed by atoms with Crippen LogP contribution in [0.1, 0.15) is 25.0 Å². The Morgan fingerprint density at radius 3 is 2.31 bits per heavy atom. The van der Waals surface area contributed by atoms with Crippen LogP contribution in [0.5, 0.6) is 11.5 Å². The first kappa shape index (κ1) is 19.8. The molecule has 0 bridgehead atoms. The second-order valence-electron chi connectivity index (χ2n) is 6.22. The van der Waals surface area contributed by atoms with E-state index in [2.05, 4.69) is 5.32 Å². The molecule has 1 atom stereocenters. The van der Waals surface area contributed by atoms with Gasteiger partial charge in [-0.1, -0.05) is 32.0 Å². The van der Waals surface area contributed by atoms with Gasteiger partial charge in [0.1, 0.15) is 17.5 Å². The highest BCUT2D eigenvalue weighted by Gasteiger charge is 2.30. The largest absolute Gasteiger partial charge is 0.480 e. The summed E-state index contributed by atoms with van der Waals surface area (Å²) in [4.78, 5) is 11.2. The molecule has 0 unspecified atom stereocenters. The van der Waals surface area contributed by atoms with Gasteiger partial charge in [-0.15, -0.1) is 0 Å². The normalized spacial score (nSPS) is 12.8. The summed E-state index contributed by atoms with van der Waals surface area (Å²) in [6.45, 7) is 3.91. The number of halogens is 3. The van der Waals surface area contributed by atoms with Crippen LogP contribution >= 0.6 is 0 Å². The van der Waals surface area contributed by atoms with Gasteiger partial charge in [-0.05, 0) is 41.8 Å². The minimum atomic E-state index is -4.44. The lowest BCUT2D eigenvalue weighted by molar-refractivity contribution is -0.140. The van der Waals surface area contributed by atoms with Crippen LogP contribution in [0.2, 0.25) is 0 Å². The molecule has 0 spiro atoms. The van der Waals surface area contributed by atoms with Crippen molar-refractivity contribution in [3.05, 3.63) is 59.7 Å². The number of hydrogen-bond donors (Lipinski definition) is 2. The Morgan fingerprint density at radius 1 is 1.12 bits per heavy atom. The summed E-state index contributed by atoms with van der Waals surface area (Å²) in [5.74, 6) is -0.566. The van der Waals surface area contributed by atoms with E-state index in [1.54, 1.807) is 38.1 Å². The number of benzene rings is 2. The molecule has 0 fully saturated rings. The van der Waals surface area contributed by atoms with Crippen molar-refractivity contribution in [1.82, 2.24) is 5.32 Å². The number of ether oxygens (including phenoxy) is 1. The van der Waals surface area contributed by atoms with E-state index in [1.807, 2.05) is 0 Å². The molecule has 0 amide bonds. The number of rotatable bonds is 7. The molecule has 0 saturated carbocycles. The SMILES string of the molecule is CC(C)[C@@H](NCc1cccc(Oc2cccc(C(F)(F)F)c2)c1)C(=O)O. The number of carboxylic acid groups (broad SMARTS) is 1. The maximum absolute atomic E-state index is 12.8. The summed E-state index contributed by atoms with van der Waals surface area (Å²) in [6, 6.07) is 10.7. The van der Waals surface area contributed by atoms with Crippen molar-refractivity contribution in [2.45, 2.75) is 32.6 Å². The molecular formula is C19H20F3NO3. The first-order valence-corrected chi connectivity index (χ1v) is 8.07. The van der Waals surface area contributed by atoms with Crippen LogP contribution < -0.4 is 10.1 Å². The molecule has 0 radical (unpaired) electrons. The highest BCUT2D eigenvalue weighted by molar-refractivity contribution is 5.73. The quantitative estimate of drug-likeness (QED) is 0.745. The lowest BCUT2D eigenvalue weighted by Crippen LogP contribution is -2.40. The lowest BCUT2D eigenvalue weighted by atomic mass is 10.0. The molecule has 2 aromatic rings. The van der Waals surface area contributed by atoms with Crippen molar-refractivity contribution in [2.75, 3.05) is 0 Å². The molecule has 140 valence electrons. The third-order valence-electron chi connectivity index (χ3n) is 3.75. The van der Waals surface area contributed by atoms with E-state index in [0.717, 1.165) is 17.7 Å². The molecule has 26 heavy (non-hydrogen) atoms. The van der Waals surface area contributed by atoms with Crippen molar-refractivity contribution in [3.63, 3.8) is 0 Å². The smallest absolute Gasteiger partial charge is 0.416 e. The van der Waals surface area contributed by atoms with E-state index in [0.29, 0.717) is 12.3 Å². The Morgan fingerprint density at radius 2 is 1.73 bits per heavy atom. The Hall–Kier alpha value is -2.54. The topological polar surface area (TPSA) is 58.6 Å². The van der Waals surface area contributed by atoms with Crippen molar-refractivity contribution in [1.29, 1.82) is 0 Å². The molecule has 4 nitrogen and oxygen atoms in total. The summed E-state index contributed by atoms with van der Waals surface area (Å²) in [6.07, 6.45) is -4.44. The van der Waals surface area contributed by atoms with Crippen molar-refractivity contribution in [3.8, 4) is 11.5 Å². The highest BCUT2D eigenvalue weighted by Crippen LogP contribution is 2.32. The Balaban J connectivity index is 2.09. The van der Waals surface area contributed by atoms with Gasteiger partial charge in [0.2, 0.25) is 0 Å². The molecule has 0 aliphatic carbocycles. The second kappa shape index (κ2) is 8.23. The molecule has 2 aromatic carbocycles. The van der Waals surface area contributed by atoms with Gasteiger partial charge in [0, 0.05) is 6.54 Å². The Labute approximate surface area is 149 Å². The monoisotopic (exact) mass is 367 g/mol. The molecule has 0 aromatic heterocycles. The van der Waals surface area contributed by atoms with Crippen molar-refractivity contribution in [2.24, 2.45) is 5.92 Å². The molecule has 2 rings (SSSR count). The maximum atomic E-state index is 12.8. The average Bonchev–Trinajstić information content (AvgIpc) is 2.54. The molecular weight excluding hydrogens is 347 g/mol. The fourth-order valence-electron chi connectivity index (χ4n) is 2.43. The maximum Gasteiger partial charge on any atom is 0.416 e. The number of nitrogens with one attached hydrogen (secondary N) is 1. The first-order valence-electron chi connectivity index (χ1n) is 8.07. The predicted molar refractivity (Wildman–Crippen MR) is 91.1 cm³/mol. The third kappa shape index (κ3) is 5.49. The van der Waals surface area contributed by atoms with Gasteiger partial charge < -0.3 is 15.2 Å². The van der Waals surface area contributed by atoms with Gasteiger partial charge in [-0.25, -0.2) is 0 Å². The Kier molecular flexibility index (Phi) is 6.26. The molecule has 2 N–H and O–H groups in total. The number of carboxylic acids is 1. The second-order valence-corrected chi connectivity index (χ2v) is 6.22. The van der Waals surface area contributed by atoms with E-state index in [4.69, 9.17) is 4.74 Å². The Bertz CT molecular complexity index is 760. The van der Waals surface area contributed by atoms with Crippen LogP contribution in [-0.2, 0) is 17.5 Å². The van der Waals surface area contributed by atoms with Gasteiger partial charge in [-0.3, -0.25) is 4.79 Å². The summed E-state index contributed by atoms with van der Waals surface area (Å²) < 4.78 is 43.8. The van der Waals surface area contributed by atoms with Crippen molar-refractivity contribution >= 4 is 5.97 Å². The van der Waals surface area contributed by atoms with Crippen LogP contribution in [0.3, 0.4) is 0 Å². The molecule has 0 aliphatic heterocycles. The van der Waals surface area contributed by atoms with Crippen LogP contribution in [0.25, 0.3) is 0 Å². The average molecular weight is 367 g/mol. The molecule has 0 heterocycles. The predicted octanol–water partition coefficient (Wildman–Crippen LogP) is 4.70. The van der Waals surface area contributed by atoms with E-state index >= 15 is 0 Å². The van der Waals surface area contributed by atoms with Crippen LogP contribution in [0.4, 0.5) is 13.2 Å². The molecule has 7 heteroatoms. The lowest BCUT2D eigenvalue weighted by Gasteiger charge is -2.18.